The van der Waals surface area contributed by atoms with E-state index in [1.807, 2.05) is 22.7 Å². The molecule has 0 spiro atoms. The molecule has 19 heavy (non-hydrogen) atoms. The SMILES string of the molecule is OCCC1(CNC(c2cccs2)c2cccs2)CC1. The van der Waals surface area contributed by atoms with Gasteiger partial charge in [-0.15, -0.1) is 22.7 Å². The van der Waals surface area contributed by atoms with Crippen LogP contribution in [0.15, 0.2) is 35.0 Å². The van der Waals surface area contributed by atoms with Crippen molar-refractivity contribution in [1.82, 2.24) is 5.32 Å². The highest BCUT2D eigenvalue weighted by molar-refractivity contribution is 7.11. The molecule has 0 atom stereocenters. The van der Waals surface area contributed by atoms with Gasteiger partial charge in [-0.05, 0) is 47.6 Å². The molecule has 0 unspecified atom stereocenters. The number of hydrogen-bond acceptors (Lipinski definition) is 4. The van der Waals surface area contributed by atoms with E-state index in [1.165, 1.54) is 22.6 Å². The predicted molar refractivity (Wildman–Crippen MR) is 81.9 cm³/mol. The fraction of sp³-hybridized carbons (Fsp3) is 0.467. The molecule has 1 aliphatic carbocycles. The maximum absolute atomic E-state index is 9.15. The summed E-state index contributed by atoms with van der Waals surface area (Å²) in [6, 6.07) is 8.95. The third kappa shape index (κ3) is 3.08. The van der Waals surface area contributed by atoms with Gasteiger partial charge in [0.2, 0.25) is 0 Å². The first kappa shape index (κ1) is 13.3. The molecule has 4 heteroatoms. The second-order valence-corrected chi connectivity index (χ2v) is 7.28. The first-order chi connectivity index (χ1) is 9.33. The fourth-order valence-electron chi connectivity index (χ4n) is 2.50. The van der Waals surface area contributed by atoms with Crippen molar-refractivity contribution in [3.8, 4) is 0 Å². The fourth-order valence-corrected chi connectivity index (χ4v) is 4.21. The van der Waals surface area contributed by atoms with Gasteiger partial charge in [-0.2, -0.15) is 0 Å². The Hall–Kier alpha value is -0.680. The number of aliphatic hydroxyl groups is 1. The summed E-state index contributed by atoms with van der Waals surface area (Å²) in [5.74, 6) is 0. The van der Waals surface area contributed by atoms with Gasteiger partial charge in [-0.3, -0.25) is 0 Å². The predicted octanol–water partition coefficient (Wildman–Crippen LogP) is 3.65. The van der Waals surface area contributed by atoms with Gasteiger partial charge in [0.05, 0.1) is 6.04 Å². The van der Waals surface area contributed by atoms with E-state index in [-0.39, 0.29) is 0 Å². The first-order valence-corrected chi connectivity index (χ1v) is 8.50. The molecule has 2 aromatic rings. The first-order valence-electron chi connectivity index (χ1n) is 6.74. The van der Waals surface area contributed by atoms with Crippen LogP contribution in [0.1, 0.15) is 35.1 Å². The summed E-state index contributed by atoms with van der Waals surface area (Å²) in [4.78, 5) is 2.75. The van der Waals surface area contributed by atoms with Crippen molar-refractivity contribution in [3.05, 3.63) is 44.8 Å². The number of nitrogens with one attached hydrogen (secondary N) is 1. The van der Waals surface area contributed by atoms with Gasteiger partial charge in [0.1, 0.15) is 0 Å². The summed E-state index contributed by atoms with van der Waals surface area (Å²) in [6.07, 6.45) is 3.44. The van der Waals surface area contributed by atoms with E-state index in [0.717, 1.165) is 13.0 Å². The van der Waals surface area contributed by atoms with Crippen LogP contribution in [0.2, 0.25) is 0 Å². The van der Waals surface area contributed by atoms with Gasteiger partial charge in [0.15, 0.2) is 0 Å². The van der Waals surface area contributed by atoms with Crippen LogP contribution in [0.5, 0.6) is 0 Å². The maximum atomic E-state index is 9.15. The second kappa shape index (κ2) is 5.75. The maximum Gasteiger partial charge on any atom is 0.0765 e. The lowest BCUT2D eigenvalue weighted by Crippen LogP contribution is -2.28. The van der Waals surface area contributed by atoms with Crippen LogP contribution in [0.4, 0.5) is 0 Å². The summed E-state index contributed by atoms with van der Waals surface area (Å²) in [5.41, 5.74) is 0.363. The van der Waals surface area contributed by atoms with Crippen molar-refractivity contribution in [2.45, 2.75) is 25.3 Å². The highest BCUT2D eigenvalue weighted by Crippen LogP contribution is 2.48. The molecule has 2 nitrogen and oxygen atoms in total. The third-order valence-electron chi connectivity index (χ3n) is 3.94. The highest BCUT2D eigenvalue weighted by Gasteiger charge is 2.42. The normalized spacial score (nSPS) is 16.9. The van der Waals surface area contributed by atoms with Gasteiger partial charge in [-0.1, -0.05) is 12.1 Å². The Morgan fingerprint density at radius 3 is 2.21 bits per heavy atom. The van der Waals surface area contributed by atoms with Crippen LogP contribution in [0, 0.1) is 5.41 Å². The van der Waals surface area contributed by atoms with E-state index in [0.29, 0.717) is 18.1 Å². The van der Waals surface area contributed by atoms with Crippen LogP contribution >= 0.6 is 22.7 Å². The quantitative estimate of drug-likeness (QED) is 0.816. The molecule has 0 amide bonds. The molecule has 0 bridgehead atoms. The average molecular weight is 293 g/mol. The van der Waals surface area contributed by atoms with Crippen molar-refractivity contribution >= 4 is 22.7 Å². The van der Waals surface area contributed by atoms with E-state index in [9.17, 15) is 0 Å². The average Bonchev–Trinajstić information content (AvgIpc) is 2.90. The molecular weight excluding hydrogens is 274 g/mol. The topological polar surface area (TPSA) is 32.3 Å². The molecule has 102 valence electrons. The number of thiophene rings is 2. The van der Waals surface area contributed by atoms with Crippen LogP contribution < -0.4 is 5.32 Å². The minimum atomic E-state index is 0.310. The van der Waals surface area contributed by atoms with Crippen molar-refractivity contribution in [2.24, 2.45) is 5.41 Å². The third-order valence-corrected chi connectivity index (χ3v) is 5.81. The van der Waals surface area contributed by atoms with Crippen LogP contribution in [-0.4, -0.2) is 18.3 Å². The highest BCUT2D eigenvalue weighted by atomic mass is 32.1. The zero-order chi connectivity index (χ0) is 13.1. The van der Waals surface area contributed by atoms with Crippen LogP contribution in [0.3, 0.4) is 0 Å². The molecule has 2 heterocycles. The second-order valence-electron chi connectivity index (χ2n) is 5.32. The van der Waals surface area contributed by atoms with Gasteiger partial charge < -0.3 is 10.4 Å². The van der Waals surface area contributed by atoms with Crippen molar-refractivity contribution in [3.63, 3.8) is 0 Å². The number of aliphatic hydroxyl groups excluding tert-OH is 1. The van der Waals surface area contributed by atoms with Gasteiger partial charge in [0.25, 0.3) is 0 Å². The van der Waals surface area contributed by atoms with E-state index >= 15 is 0 Å². The number of hydrogen-bond donors (Lipinski definition) is 2. The van der Waals surface area contributed by atoms with Crippen molar-refractivity contribution in [2.75, 3.05) is 13.2 Å². The molecule has 1 aliphatic rings. The van der Waals surface area contributed by atoms with Crippen LogP contribution in [-0.2, 0) is 0 Å². The van der Waals surface area contributed by atoms with Crippen LogP contribution in [0.25, 0.3) is 0 Å². The van der Waals surface area contributed by atoms with Crippen molar-refractivity contribution in [1.29, 1.82) is 0 Å². The molecular formula is C15H19NOS2. The Balaban J connectivity index is 1.70. The summed E-state index contributed by atoms with van der Waals surface area (Å²) in [5, 5.41) is 17.1. The van der Waals surface area contributed by atoms with E-state index in [4.69, 9.17) is 5.11 Å². The lowest BCUT2D eigenvalue weighted by Gasteiger charge is -2.21. The largest absolute Gasteiger partial charge is 0.396 e. The summed E-state index contributed by atoms with van der Waals surface area (Å²) in [7, 11) is 0. The molecule has 1 saturated carbocycles. The monoisotopic (exact) mass is 293 g/mol. The Labute approximate surface area is 122 Å². The Bertz CT molecular complexity index is 454. The Morgan fingerprint density at radius 1 is 1.16 bits per heavy atom. The minimum absolute atomic E-state index is 0.310. The van der Waals surface area contributed by atoms with Gasteiger partial charge in [-0.25, -0.2) is 0 Å². The standard InChI is InChI=1S/C15H19NOS2/c17-8-7-15(5-6-15)11-16-14(12-3-1-9-18-12)13-4-2-10-19-13/h1-4,9-10,14,16-17H,5-8,11H2. The Kier molecular flexibility index (Phi) is 4.03. The summed E-state index contributed by atoms with van der Waals surface area (Å²) in [6.45, 7) is 1.32. The molecule has 0 saturated heterocycles. The molecule has 2 aromatic heterocycles. The van der Waals surface area contributed by atoms with Gasteiger partial charge >= 0.3 is 0 Å². The smallest absolute Gasteiger partial charge is 0.0765 e. The Morgan fingerprint density at radius 2 is 1.79 bits per heavy atom. The minimum Gasteiger partial charge on any atom is -0.396 e. The lowest BCUT2D eigenvalue weighted by molar-refractivity contribution is 0.244. The summed E-state index contributed by atoms with van der Waals surface area (Å²) < 4.78 is 0. The molecule has 0 aliphatic heterocycles. The lowest BCUT2D eigenvalue weighted by atomic mass is 10.0. The molecule has 2 N–H and O–H groups in total. The van der Waals surface area contributed by atoms with E-state index < -0.39 is 0 Å². The van der Waals surface area contributed by atoms with E-state index in [2.05, 4.69) is 40.3 Å². The number of rotatable bonds is 7. The zero-order valence-corrected chi connectivity index (χ0v) is 12.5. The molecule has 0 radical (unpaired) electrons. The zero-order valence-electron chi connectivity index (χ0n) is 10.8. The van der Waals surface area contributed by atoms with Gasteiger partial charge in [0, 0.05) is 22.9 Å². The summed E-state index contributed by atoms with van der Waals surface area (Å²) >= 11 is 3.62. The van der Waals surface area contributed by atoms with Crippen molar-refractivity contribution < 1.29 is 5.11 Å². The molecule has 0 aromatic carbocycles. The molecule has 3 rings (SSSR count). The van der Waals surface area contributed by atoms with E-state index in [1.54, 1.807) is 0 Å². The molecule has 1 fully saturated rings.